The van der Waals surface area contributed by atoms with E-state index in [1.165, 1.54) is 0 Å². The van der Waals surface area contributed by atoms with Crippen molar-refractivity contribution in [1.29, 1.82) is 0 Å². The molecule has 12 nitrogen and oxygen atoms in total. The first-order chi connectivity index (χ1) is 17.3. The second-order valence-corrected chi connectivity index (χ2v) is 11.2. The largest absolute Gasteiger partial charge is 0.444 e. The summed E-state index contributed by atoms with van der Waals surface area (Å²) in [5.74, 6) is -0.0542. The maximum absolute atomic E-state index is 13.0. The summed E-state index contributed by atoms with van der Waals surface area (Å²) >= 11 is 0. The van der Waals surface area contributed by atoms with Gasteiger partial charge in [-0.25, -0.2) is 14.4 Å². The minimum Gasteiger partial charge on any atom is -0.444 e. The van der Waals surface area contributed by atoms with Gasteiger partial charge in [0.25, 0.3) is 0 Å². The van der Waals surface area contributed by atoms with Crippen LogP contribution in [0.25, 0.3) is 0 Å². The van der Waals surface area contributed by atoms with Crippen molar-refractivity contribution in [3.63, 3.8) is 0 Å². The van der Waals surface area contributed by atoms with Gasteiger partial charge in [0.05, 0.1) is 0 Å². The summed E-state index contributed by atoms with van der Waals surface area (Å²) in [7, 11) is 0. The molecule has 1 aliphatic carbocycles. The van der Waals surface area contributed by atoms with Gasteiger partial charge in [0.1, 0.15) is 23.2 Å². The zero-order valence-electron chi connectivity index (χ0n) is 22.3. The van der Waals surface area contributed by atoms with E-state index in [1.807, 2.05) is 0 Å². The molecule has 1 saturated carbocycles. The Morgan fingerprint density at radius 2 is 1.59 bits per heavy atom. The fourth-order valence-corrected chi connectivity index (χ4v) is 4.58. The summed E-state index contributed by atoms with van der Waals surface area (Å²) in [5.41, 5.74) is -2.30. The summed E-state index contributed by atoms with van der Waals surface area (Å²) in [5, 5.41) is 5.27. The molecule has 0 spiro atoms. The minimum atomic E-state index is -1.17. The topological polar surface area (TPSA) is 143 Å². The summed E-state index contributed by atoms with van der Waals surface area (Å²) in [6.45, 7) is 9.62. The molecule has 0 unspecified atom stereocenters. The van der Waals surface area contributed by atoms with Gasteiger partial charge in [0.2, 0.25) is 5.91 Å². The maximum atomic E-state index is 13.0. The van der Waals surface area contributed by atoms with Gasteiger partial charge in [0, 0.05) is 44.3 Å². The number of piperazine rings is 1. The van der Waals surface area contributed by atoms with Crippen LogP contribution in [0.2, 0.25) is 0 Å². The lowest BCUT2D eigenvalue weighted by molar-refractivity contribution is -0.138. The molecule has 12 heteroatoms. The third kappa shape index (κ3) is 7.53. The highest BCUT2D eigenvalue weighted by molar-refractivity contribution is 5.90. The second-order valence-electron chi connectivity index (χ2n) is 11.2. The van der Waals surface area contributed by atoms with Crippen molar-refractivity contribution in [3.05, 3.63) is 22.7 Å². The van der Waals surface area contributed by atoms with Crippen molar-refractivity contribution in [2.45, 2.75) is 77.5 Å². The van der Waals surface area contributed by atoms with Crippen LogP contribution in [0.15, 0.2) is 17.1 Å². The second kappa shape index (κ2) is 11.3. The van der Waals surface area contributed by atoms with Gasteiger partial charge >= 0.3 is 17.8 Å². The Morgan fingerprint density at radius 3 is 2.14 bits per heavy atom. The molecular formula is C25H38N6O6. The summed E-state index contributed by atoms with van der Waals surface area (Å²) in [6, 6.07) is 1.19. The minimum absolute atomic E-state index is 0.000579. The highest BCUT2D eigenvalue weighted by Gasteiger charge is 2.37. The highest BCUT2D eigenvalue weighted by Crippen LogP contribution is 2.30. The van der Waals surface area contributed by atoms with Crippen LogP contribution in [0.4, 0.5) is 15.4 Å². The highest BCUT2D eigenvalue weighted by atomic mass is 16.6. The van der Waals surface area contributed by atoms with E-state index in [0.29, 0.717) is 13.1 Å². The number of aromatic nitrogens is 2. The number of anilines is 1. The summed E-state index contributed by atoms with van der Waals surface area (Å²) in [4.78, 5) is 68.5. The molecule has 37 heavy (non-hydrogen) atoms. The number of hydrogen-bond donors (Lipinski definition) is 2. The van der Waals surface area contributed by atoms with Crippen molar-refractivity contribution < 1.29 is 23.9 Å². The molecule has 3 rings (SSSR count). The molecule has 2 N–H and O–H groups in total. The fourth-order valence-electron chi connectivity index (χ4n) is 4.58. The van der Waals surface area contributed by atoms with Crippen LogP contribution in [0.3, 0.4) is 0 Å². The normalized spacial score (nSPS) is 20.7. The molecule has 2 aliphatic rings. The Morgan fingerprint density at radius 1 is 1.00 bits per heavy atom. The molecule has 0 radical (unpaired) electrons. The van der Waals surface area contributed by atoms with E-state index in [-0.39, 0.29) is 36.8 Å². The molecular weight excluding hydrogens is 480 g/mol. The number of ether oxygens (including phenoxy) is 1. The zero-order valence-corrected chi connectivity index (χ0v) is 22.3. The number of nitrogens with zero attached hydrogens (tertiary/aromatic N) is 4. The number of urea groups is 1. The number of rotatable bonds is 5. The van der Waals surface area contributed by atoms with Crippen molar-refractivity contribution in [3.8, 4) is 0 Å². The molecule has 2 heterocycles. The first-order valence-electron chi connectivity index (χ1n) is 12.7. The van der Waals surface area contributed by atoms with Crippen LogP contribution in [-0.4, -0.2) is 81.0 Å². The molecule has 4 amide bonds. The van der Waals surface area contributed by atoms with Crippen molar-refractivity contribution in [2.24, 2.45) is 5.92 Å². The average molecular weight is 519 g/mol. The molecule has 1 aliphatic heterocycles. The molecule has 0 aromatic carbocycles. The van der Waals surface area contributed by atoms with Crippen molar-refractivity contribution >= 4 is 30.1 Å². The van der Waals surface area contributed by atoms with Crippen LogP contribution in [0, 0.1) is 5.92 Å². The first kappa shape index (κ1) is 28.1. The summed E-state index contributed by atoms with van der Waals surface area (Å²) in [6.07, 6.45) is 4.92. The van der Waals surface area contributed by atoms with E-state index in [9.17, 15) is 24.0 Å². The Bertz CT molecular complexity index is 1060. The van der Waals surface area contributed by atoms with Crippen molar-refractivity contribution in [2.75, 3.05) is 31.5 Å². The average Bonchev–Trinajstić information content (AvgIpc) is 2.82. The molecule has 204 valence electrons. The Balaban J connectivity index is 1.51. The lowest BCUT2D eigenvalue weighted by Gasteiger charge is -2.38. The number of carbonyl (C=O) groups is 4. The predicted molar refractivity (Wildman–Crippen MR) is 136 cm³/mol. The number of nitrogens with one attached hydrogen (secondary N) is 2. The van der Waals surface area contributed by atoms with Crippen molar-refractivity contribution in [1.82, 2.24) is 24.7 Å². The predicted octanol–water partition coefficient (Wildman–Crippen LogP) is 2.15. The fraction of sp³-hybridized carbons (Fsp3) is 0.680. The Hall–Kier alpha value is -3.44. The maximum Gasteiger partial charge on any atom is 0.408 e. The molecule has 1 saturated heterocycles. The van der Waals surface area contributed by atoms with Crippen LogP contribution in [-0.2, 0) is 14.3 Å². The van der Waals surface area contributed by atoms with E-state index in [2.05, 4.69) is 15.6 Å². The van der Waals surface area contributed by atoms with Gasteiger partial charge < -0.3 is 24.6 Å². The van der Waals surface area contributed by atoms with Crippen LogP contribution in [0.5, 0.6) is 0 Å². The van der Waals surface area contributed by atoms with E-state index in [4.69, 9.17) is 4.74 Å². The zero-order chi connectivity index (χ0) is 27.4. The van der Waals surface area contributed by atoms with E-state index in [0.717, 1.165) is 32.0 Å². The third-order valence-electron chi connectivity index (χ3n) is 6.59. The number of alkyl carbamates (subject to hydrolysis) is 1. The molecule has 0 bridgehead atoms. The number of aldehydes is 1. The quantitative estimate of drug-likeness (QED) is 0.569. The van der Waals surface area contributed by atoms with Crippen LogP contribution < -0.4 is 16.3 Å². The lowest BCUT2D eigenvalue weighted by atomic mass is 9.87. The first-order valence-corrected chi connectivity index (χ1v) is 12.7. The monoisotopic (exact) mass is 518 g/mol. The standard InChI is InChI=1S/C25H38N6O6/c1-24(2,3)37-23(36)28-25(4,5)20(33)29-12-14-30(15-13-29)21(34)26-19-10-11-31(22(35)27-19)18-8-6-17(16-32)7-9-18/h10-11,16-18H,6-9,12-15H2,1-5H3,(H,28,36)(H,26,27,34,35)/t17-,18+. The van der Waals surface area contributed by atoms with Gasteiger partial charge in [-0.05, 0) is 66.4 Å². The van der Waals surface area contributed by atoms with Crippen LogP contribution >= 0.6 is 0 Å². The van der Waals surface area contributed by atoms with Crippen LogP contribution in [0.1, 0.15) is 66.3 Å². The van der Waals surface area contributed by atoms with Gasteiger partial charge in [-0.3, -0.25) is 14.7 Å². The lowest BCUT2D eigenvalue weighted by Crippen LogP contribution is -2.60. The number of hydrogen-bond acceptors (Lipinski definition) is 7. The molecule has 1 aromatic heterocycles. The molecule has 2 fully saturated rings. The van der Waals surface area contributed by atoms with Gasteiger partial charge in [0.15, 0.2) is 0 Å². The Labute approximate surface area is 216 Å². The number of carbonyl (C=O) groups excluding carboxylic acids is 4. The van der Waals surface area contributed by atoms with Gasteiger partial charge in [-0.1, -0.05) is 0 Å². The van der Waals surface area contributed by atoms with Gasteiger partial charge in [-0.15, -0.1) is 0 Å². The Kier molecular flexibility index (Phi) is 8.60. The van der Waals surface area contributed by atoms with E-state index in [1.54, 1.807) is 61.2 Å². The number of amides is 4. The molecule has 1 aromatic rings. The smallest absolute Gasteiger partial charge is 0.408 e. The van der Waals surface area contributed by atoms with Gasteiger partial charge in [-0.2, -0.15) is 4.98 Å². The van der Waals surface area contributed by atoms with E-state index < -0.39 is 29.0 Å². The summed E-state index contributed by atoms with van der Waals surface area (Å²) < 4.78 is 6.81. The molecule has 0 atom stereocenters. The third-order valence-corrected chi connectivity index (χ3v) is 6.59. The van der Waals surface area contributed by atoms with E-state index >= 15 is 0 Å². The SMILES string of the molecule is CC(C)(C)OC(=O)NC(C)(C)C(=O)N1CCN(C(=O)Nc2ccn([C@H]3CC[C@@H](C=O)CC3)c(=O)n2)CC1.